The van der Waals surface area contributed by atoms with Gasteiger partial charge in [0.25, 0.3) is 0 Å². The summed E-state index contributed by atoms with van der Waals surface area (Å²) in [5.74, 6) is -2.03. The average molecular weight is 311 g/mol. The Morgan fingerprint density at radius 3 is 2.48 bits per heavy atom. The Kier molecular flexibility index (Phi) is 5.03. The highest BCUT2D eigenvalue weighted by Gasteiger charge is 2.15. The van der Waals surface area contributed by atoms with Gasteiger partial charge in [-0.2, -0.15) is 0 Å². The molecule has 0 aliphatic rings. The third-order valence-corrected chi connectivity index (χ3v) is 4.14. The molecule has 2 N–H and O–H groups in total. The minimum atomic E-state index is -0.877. The van der Waals surface area contributed by atoms with Crippen molar-refractivity contribution in [3.8, 4) is 0 Å². The van der Waals surface area contributed by atoms with Crippen molar-refractivity contribution in [1.82, 2.24) is 5.32 Å². The number of halogens is 2. The van der Waals surface area contributed by atoms with Gasteiger partial charge in [0.15, 0.2) is 0 Å². The maximum Gasteiger partial charge on any atom is 0.308 e. The Morgan fingerprint density at radius 2 is 1.86 bits per heavy atom. The fraction of sp³-hybridized carbons (Fsp3) is 0.267. The largest absolute Gasteiger partial charge is 0.481 e. The van der Waals surface area contributed by atoms with E-state index in [4.69, 9.17) is 5.11 Å². The Morgan fingerprint density at radius 1 is 1.24 bits per heavy atom. The fourth-order valence-electron chi connectivity index (χ4n) is 2.04. The van der Waals surface area contributed by atoms with E-state index in [0.717, 1.165) is 9.75 Å². The van der Waals surface area contributed by atoms with Gasteiger partial charge in [0, 0.05) is 27.9 Å². The predicted octanol–water partition coefficient (Wildman–Crippen LogP) is 3.50. The molecule has 0 fully saturated rings. The molecule has 0 amide bonds. The highest BCUT2D eigenvalue weighted by Crippen LogP contribution is 2.22. The van der Waals surface area contributed by atoms with Crippen LogP contribution in [0.1, 0.15) is 28.3 Å². The summed E-state index contributed by atoms with van der Waals surface area (Å²) in [5.41, 5.74) is 0.0137. The van der Waals surface area contributed by atoms with E-state index in [0.29, 0.717) is 6.54 Å². The van der Waals surface area contributed by atoms with Gasteiger partial charge in [-0.25, -0.2) is 8.78 Å². The van der Waals surface area contributed by atoms with Crippen molar-refractivity contribution >= 4 is 17.3 Å². The molecule has 0 bridgehead atoms. The second kappa shape index (κ2) is 6.78. The normalized spacial score (nSPS) is 12.3. The highest BCUT2D eigenvalue weighted by molar-refractivity contribution is 7.12. The van der Waals surface area contributed by atoms with Crippen LogP contribution >= 0.6 is 11.3 Å². The van der Waals surface area contributed by atoms with Crippen molar-refractivity contribution in [2.45, 2.75) is 25.9 Å². The maximum atomic E-state index is 13.6. The van der Waals surface area contributed by atoms with E-state index in [1.165, 1.54) is 29.5 Å². The monoisotopic (exact) mass is 311 g/mol. The van der Waals surface area contributed by atoms with Crippen LogP contribution in [0, 0.1) is 11.6 Å². The van der Waals surface area contributed by atoms with Gasteiger partial charge in [-0.3, -0.25) is 4.79 Å². The van der Waals surface area contributed by atoms with Gasteiger partial charge in [-0.1, -0.05) is 6.07 Å². The minimum absolute atomic E-state index is 0.0117. The van der Waals surface area contributed by atoms with E-state index in [1.54, 1.807) is 13.0 Å². The molecule has 0 saturated carbocycles. The van der Waals surface area contributed by atoms with Crippen molar-refractivity contribution < 1.29 is 18.7 Å². The summed E-state index contributed by atoms with van der Waals surface area (Å²) in [6, 6.07) is 6.89. The van der Waals surface area contributed by atoms with Gasteiger partial charge < -0.3 is 10.4 Å². The van der Waals surface area contributed by atoms with Gasteiger partial charge in [-0.05, 0) is 31.2 Å². The molecule has 1 heterocycles. The van der Waals surface area contributed by atoms with E-state index < -0.39 is 23.6 Å². The molecular formula is C15H15F2NO2S. The first-order valence-electron chi connectivity index (χ1n) is 6.44. The summed E-state index contributed by atoms with van der Waals surface area (Å²) in [7, 11) is 0. The van der Waals surface area contributed by atoms with E-state index in [-0.39, 0.29) is 12.0 Å². The molecule has 1 aromatic heterocycles. The molecule has 0 saturated heterocycles. The number of nitrogens with one attached hydrogen (secondary N) is 1. The number of thiophene rings is 1. The van der Waals surface area contributed by atoms with Crippen LogP contribution in [-0.2, 0) is 17.8 Å². The van der Waals surface area contributed by atoms with Crippen molar-refractivity contribution in [2.75, 3.05) is 0 Å². The Balaban J connectivity index is 1.99. The van der Waals surface area contributed by atoms with Crippen molar-refractivity contribution in [3.05, 3.63) is 57.3 Å². The number of carbonyl (C=O) groups is 1. The zero-order valence-electron chi connectivity index (χ0n) is 11.4. The lowest BCUT2D eigenvalue weighted by Gasteiger charge is -2.15. The molecule has 112 valence electrons. The summed E-state index contributed by atoms with van der Waals surface area (Å²) < 4.78 is 27.3. The van der Waals surface area contributed by atoms with Gasteiger partial charge in [0.05, 0.1) is 6.42 Å². The quantitative estimate of drug-likeness (QED) is 0.858. The molecule has 3 nitrogen and oxygen atoms in total. The van der Waals surface area contributed by atoms with Gasteiger partial charge in [0.1, 0.15) is 11.6 Å². The van der Waals surface area contributed by atoms with Crippen LogP contribution < -0.4 is 5.32 Å². The van der Waals surface area contributed by atoms with Crippen LogP contribution in [0.4, 0.5) is 8.78 Å². The molecule has 1 unspecified atom stereocenters. The summed E-state index contributed by atoms with van der Waals surface area (Å²) in [6.07, 6.45) is -0.0117. The third-order valence-electron chi connectivity index (χ3n) is 3.06. The molecule has 6 heteroatoms. The predicted molar refractivity (Wildman–Crippen MR) is 77.3 cm³/mol. The molecule has 0 aliphatic heterocycles. The molecule has 1 atom stereocenters. The molecule has 0 spiro atoms. The molecule has 2 aromatic rings. The summed E-state index contributed by atoms with van der Waals surface area (Å²) in [5, 5.41) is 11.8. The van der Waals surface area contributed by atoms with E-state index in [2.05, 4.69) is 5.32 Å². The third kappa shape index (κ3) is 4.09. The van der Waals surface area contributed by atoms with Crippen LogP contribution in [0.2, 0.25) is 0 Å². The van der Waals surface area contributed by atoms with Crippen LogP contribution in [0.3, 0.4) is 0 Å². The Hall–Kier alpha value is -1.79. The lowest BCUT2D eigenvalue weighted by molar-refractivity contribution is -0.136. The first-order chi connectivity index (χ1) is 9.97. The minimum Gasteiger partial charge on any atom is -0.481 e. The van der Waals surface area contributed by atoms with Crippen molar-refractivity contribution in [3.63, 3.8) is 0 Å². The Labute approximate surface area is 125 Å². The zero-order valence-corrected chi connectivity index (χ0v) is 12.2. The zero-order chi connectivity index (χ0) is 15.4. The molecule has 21 heavy (non-hydrogen) atoms. The first-order valence-corrected chi connectivity index (χ1v) is 7.25. The number of carboxylic acids is 1. The smallest absolute Gasteiger partial charge is 0.308 e. The lowest BCUT2D eigenvalue weighted by atomic mass is 10.1. The van der Waals surface area contributed by atoms with Crippen LogP contribution in [-0.4, -0.2) is 11.1 Å². The molecule has 1 aromatic carbocycles. The summed E-state index contributed by atoms with van der Waals surface area (Å²) in [6.45, 7) is 2.12. The topological polar surface area (TPSA) is 49.3 Å². The lowest BCUT2D eigenvalue weighted by Crippen LogP contribution is -2.19. The first kappa shape index (κ1) is 15.6. The molecule has 2 rings (SSSR count). The second-order valence-electron chi connectivity index (χ2n) is 4.68. The van der Waals surface area contributed by atoms with Crippen LogP contribution in [0.25, 0.3) is 0 Å². The summed E-state index contributed by atoms with van der Waals surface area (Å²) in [4.78, 5) is 12.3. The summed E-state index contributed by atoms with van der Waals surface area (Å²) >= 11 is 1.38. The second-order valence-corrected chi connectivity index (χ2v) is 5.93. The number of hydrogen-bond donors (Lipinski definition) is 2. The van der Waals surface area contributed by atoms with Crippen LogP contribution in [0.5, 0.6) is 0 Å². The number of aliphatic carboxylic acids is 1. The van der Waals surface area contributed by atoms with Crippen molar-refractivity contribution in [2.24, 2.45) is 0 Å². The van der Waals surface area contributed by atoms with Crippen LogP contribution in [0.15, 0.2) is 30.3 Å². The fourth-order valence-corrected chi connectivity index (χ4v) is 3.00. The number of hydrogen-bond acceptors (Lipinski definition) is 3. The van der Waals surface area contributed by atoms with E-state index in [1.807, 2.05) is 6.07 Å². The Bertz CT molecular complexity index is 622. The molecule has 0 radical (unpaired) electrons. The standard InChI is InChI=1S/C15H15F2NO2S/c1-9(15-12(16)3-2-4-13(15)17)18-8-11-6-5-10(21-11)7-14(19)20/h2-6,9,18H,7-8H2,1H3,(H,19,20). The number of rotatable bonds is 6. The van der Waals surface area contributed by atoms with Gasteiger partial charge >= 0.3 is 5.97 Å². The number of benzene rings is 1. The maximum absolute atomic E-state index is 13.6. The molecular weight excluding hydrogens is 296 g/mol. The van der Waals surface area contributed by atoms with E-state index >= 15 is 0 Å². The average Bonchev–Trinajstić information content (AvgIpc) is 2.83. The van der Waals surface area contributed by atoms with Gasteiger partial charge in [-0.15, -0.1) is 11.3 Å². The van der Waals surface area contributed by atoms with Gasteiger partial charge in [0.2, 0.25) is 0 Å². The van der Waals surface area contributed by atoms with E-state index in [9.17, 15) is 13.6 Å². The number of carboxylic acid groups (broad SMARTS) is 1. The molecule has 0 aliphatic carbocycles. The SMILES string of the molecule is CC(NCc1ccc(CC(=O)O)s1)c1c(F)cccc1F. The highest BCUT2D eigenvalue weighted by atomic mass is 32.1. The van der Waals surface area contributed by atoms with Crippen molar-refractivity contribution in [1.29, 1.82) is 0 Å².